The van der Waals surface area contributed by atoms with E-state index in [-0.39, 0.29) is 11.6 Å². The molecule has 0 spiro atoms. The fourth-order valence-electron chi connectivity index (χ4n) is 3.86. The normalized spacial score (nSPS) is 19.8. The summed E-state index contributed by atoms with van der Waals surface area (Å²) >= 11 is 5.86. The Morgan fingerprint density at radius 1 is 1.19 bits per heavy atom. The van der Waals surface area contributed by atoms with Crippen molar-refractivity contribution < 1.29 is 24.5 Å². The second-order valence-electron chi connectivity index (χ2n) is 8.75. The molecule has 0 aliphatic carbocycles. The molecule has 0 bridgehead atoms. The van der Waals surface area contributed by atoms with Gasteiger partial charge in [-0.05, 0) is 63.8 Å². The van der Waals surface area contributed by atoms with Crippen LogP contribution in [0.5, 0.6) is 0 Å². The van der Waals surface area contributed by atoms with Crippen LogP contribution >= 0.6 is 11.6 Å². The van der Waals surface area contributed by atoms with Gasteiger partial charge in [0, 0.05) is 17.8 Å². The van der Waals surface area contributed by atoms with E-state index in [4.69, 9.17) is 21.4 Å². The Morgan fingerprint density at radius 3 is 2.42 bits per heavy atom. The quantitative estimate of drug-likeness (QED) is 0.657. The number of carboxylic acid groups (broad SMARTS) is 1. The lowest BCUT2D eigenvalue weighted by Crippen LogP contribution is -2.47. The van der Waals surface area contributed by atoms with Gasteiger partial charge in [0.15, 0.2) is 0 Å². The van der Waals surface area contributed by atoms with Gasteiger partial charge in [0.25, 0.3) is 0 Å². The highest BCUT2D eigenvalue weighted by molar-refractivity contribution is 6.29. The number of hydrogen-bond donors (Lipinski definition) is 2. The second-order valence-corrected chi connectivity index (χ2v) is 9.14. The number of aromatic nitrogens is 1. The monoisotopic (exact) mass is 446 g/mol. The third kappa shape index (κ3) is 5.74. The average Bonchev–Trinajstić information content (AvgIpc) is 3.11. The topological polar surface area (TPSA) is 100.0 Å². The van der Waals surface area contributed by atoms with E-state index in [1.54, 1.807) is 62.1 Å². The molecule has 3 atom stereocenters. The van der Waals surface area contributed by atoms with Crippen molar-refractivity contribution in [1.82, 2.24) is 9.88 Å². The van der Waals surface area contributed by atoms with Gasteiger partial charge in [-0.1, -0.05) is 29.8 Å². The number of aliphatic hydroxyl groups is 1. The first-order valence-corrected chi connectivity index (χ1v) is 10.6. The number of rotatable bonds is 5. The van der Waals surface area contributed by atoms with Gasteiger partial charge in [-0.3, -0.25) is 4.90 Å². The lowest BCUT2D eigenvalue weighted by atomic mass is 10.0. The van der Waals surface area contributed by atoms with E-state index < -0.39 is 29.8 Å². The van der Waals surface area contributed by atoms with Crippen LogP contribution in [0.2, 0.25) is 5.15 Å². The Balaban J connectivity index is 1.84. The van der Waals surface area contributed by atoms with Gasteiger partial charge < -0.3 is 14.9 Å². The summed E-state index contributed by atoms with van der Waals surface area (Å²) in [6, 6.07) is 9.26. The molecule has 1 aliphatic rings. The number of pyridine rings is 1. The number of carboxylic acids is 1. The highest BCUT2D eigenvalue weighted by Gasteiger charge is 2.43. The number of nitrogens with zero attached hydrogens (tertiary/aromatic N) is 2. The minimum Gasteiger partial charge on any atom is -0.478 e. The minimum absolute atomic E-state index is 0.189. The number of aliphatic hydroxyl groups excluding tert-OH is 1. The number of halogens is 1. The third-order valence-electron chi connectivity index (χ3n) is 5.28. The highest BCUT2D eigenvalue weighted by atomic mass is 35.5. The van der Waals surface area contributed by atoms with Crippen LogP contribution < -0.4 is 0 Å². The summed E-state index contributed by atoms with van der Waals surface area (Å²) in [5.74, 6) is -0.984. The predicted octanol–water partition coefficient (Wildman–Crippen LogP) is 4.48. The van der Waals surface area contributed by atoms with Crippen molar-refractivity contribution in [2.75, 3.05) is 0 Å². The fraction of sp³-hybridized carbons (Fsp3) is 0.435. The third-order valence-corrected chi connectivity index (χ3v) is 5.50. The molecule has 3 rings (SSSR count). The van der Waals surface area contributed by atoms with Gasteiger partial charge in [-0.2, -0.15) is 0 Å². The van der Waals surface area contributed by atoms with Crippen LogP contribution in [-0.2, 0) is 11.2 Å². The molecule has 1 fully saturated rings. The first kappa shape index (κ1) is 23.0. The Kier molecular flexibility index (Phi) is 6.86. The van der Waals surface area contributed by atoms with Crippen molar-refractivity contribution >= 4 is 23.7 Å². The van der Waals surface area contributed by atoms with Gasteiger partial charge in [-0.15, -0.1) is 0 Å². The summed E-state index contributed by atoms with van der Waals surface area (Å²) in [5.41, 5.74) is 1.02. The molecular formula is C23H27ClN2O5. The standard InChI is InChI=1S/C23H27ClN2O5/c1-23(2,3)31-22(30)26-17(12-14-4-6-15(7-5-14)21(28)29)9-10-18(26)20(27)16-8-11-19(24)25-13-16/h4-8,11,13,17-18,20,27H,9-10,12H2,1-3H3,(H,28,29). The Bertz CT molecular complexity index is 924. The number of hydrogen-bond acceptors (Lipinski definition) is 5. The SMILES string of the molecule is CC(C)(C)OC(=O)N1C(Cc2ccc(C(=O)O)cc2)CCC1C(O)c1ccc(Cl)nc1. The average molecular weight is 447 g/mol. The smallest absolute Gasteiger partial charge is 0.410 e. The van der Waals surface area contributed by atoms with Crippen molar-refractivity contribution in [2.24, 2.45) is 0 Å². The molecule has 1 aromatic carbocycles. The summed E-state index contributed by atoms with van der Waals surface area (Å²) < 4.78 is 5.64. The van der Waals surface area contributed by atoms with E-state index in [0.717, 1.165) is 5.56 Å². The molecular weight excluding hydrogens is 420 g/mol. The fourth-order valence-corrected chi connectivity index (χ4v) is 3.97. The van der Waals surface area contributed by atoms with Crippen molar-refractivity contribution in [3.05, 3.63) is 64.4 Å². The molecule has 2 heterocycles. The van der Waals surface area contributed by atoms with Gasteiger partial charge in [0.2, 0.25) is 0 Å². The van der Waals surface area contributed by atoms with E-state index in [1.165, 1.54) is 6.20 Å². The highest BCUT2D eigenvalue weighted by Crippen LogP contribution is 2.36. The zero-order valence-electron chi connectivity index (χ0n) is 17.8. The van der Waals surface area contributed by atoms with Crippen molar-refractivity contribution in [3.63, 3.8) is 0 Å². The Morgan fingerprint density at radius 2 is 1.87 bits per heavy atom. The molecule has 3 unspecified atom stereocenters. The maximum atomic E-state index is 13.1. The van der Waals surface area contributed by atoms with E-state index in [9.17, 15) is 14.7 Å². The number of benzene rings is 1. The van der Waals surface area contributed by atoms with Crippen LogP contribution in [0.3, 0.4) is 0 Å². The minimum atomic E-state index is -0.984. The van der Waals surface area contributed by atoms with Crippen LogP contribution in [0.1, 0.15) is 61.2 Å². The largest absolute Gasteiger partial charge is 0.478 e. The molecule has 166 valence electrons. The zero-order valence-corrected chi connectivity index (χ0v) is 18.5. The Hall–Kier alpha value is -2.64. The van der Waals surface area contributed by atoms with Crippen molar-refractivity contribution in [3.8, 4) is 0 Å². The van der Waals surface area contributed by atoms with Crippen LogP contribution in [0.25, 0.3) is 0 Å². The number of aromatic carboxylic acids is 1. The summed E-state index contributed by atoms with van der Waals surface area (Å²) in [5, 5.41) is 20.4. The van der Waals surface area contributed by atoms with Gasteiger partial charge in [-0.25, -0.2) is 14.6 Å². The molecule has 1 amide bonds. The number of ether oxygens (including phenoxy) is 1. The summed E-state index contributed by atoms with van der Waals surface area (Å²) in [7, 11) is 0. The summed E-state index contributed by atoms with van der Waals surface area (Å²) in [6.45, 7) is 5.40. The lowest BCUT2D eigenvalue weighted by Gasteiger charge is -2.34. The van der Waals surface area contributed by atoms with E-state index >= 15 is 0 Å². The van der Waals surface area contributed by atoms with Crippen LogP contribution in [0, 0.1) is 0 Å². The molecule has 1 saturated heterocycles. The molecule has 0 radical (unpaired) electrons. The summed E-state index contributed by atoms with van der Waals surface area (Å²) in [4.78, 5) is 29.8. The van der Waals surface area contributed by atoms with Gasteiger partial charge in [0.1, 0.15) is 16.9 Å². The van der Waals surface area contributed by atoms with E-state index in [0.29, 0.717) is 30.0 Å². The van der Waals surface area contributed by atoms with Crippen molar-refractivity contribution in [1.29, 1.82) is 0 Å². The maximum Gasteiger partial charge on any atom is 0.410 e. The number of likely N-dealkylation sites (tertiary alicyclic amines) is 1. The first-order valence-electron chi connectivity index (χ1n) is 10.2. The van der Waals surface area contributed by atoms with Crippen LogP contribution in [0.4, 0.5) is 4.79 Å². The number of carbonyl (C=O) groups is 2. The van der Waals surface area contributed by atoms with Gasteiger partial charge in [0.05, 0.1) is 11.6 Å². The Labute approximate surface area is 186 Å². The first-order chi connectivity index (χ1) is 14.5. The van der Waals surface area contributed by atoms with Crippen LogP contribution in [0.15, 0.2) is 42.6 Å². The molecule has 2 aromatic rings. The number of carbonyl (C=O) groups excluding carboxylic acids is 1. The molecule has 2 N–H and O–H groups in total. The summed E-state index contributed by atoms with van der Waals surface area (Å²) in [6.07, 6.45) is 1.91. The molecule has 1 aromatic heterocycles. The zero-order chi connectivity index (χ0) is 22.8. The van der Waals surface area contributed by atoms with Crippen LogP contribution in [-0.4, -0.2) is 49.8 Å². The van der Waals surface area contributed by atoms with E-state index in [1.807, 2.05) is 0 Å². The molecule has 1 aliphatic heterocycles. The maximum absolute atomic E-state index is 13.1. The molecule has 31 heavy (non-hydrogen) atoms. The second kappa shape index (κ2) is 9.24. The molecule has 8 heteroatoms. The van der Waals surface area contributed by atoms with Gasteiger partial charge >= 0.3 is 12.1 Å². The predicted molar refractivity (Wildman–Crippen MR) is 116 cm³/mol. The number of amides is 1. The van der Waals surface area contributed by atoms with Crippen molar-refractivity contribution in [2.45, 2.75) is 63.8 Å². The van der Waals surface area contributed by atoms with E-state index in [2.05, 4.69) is 4.98 Å². The molecule has 7 nitrogen and oxygen atoms in total. The molecule has 0 saturated carbocycles. The lowest BCUT2D eigenvalue weighted by molar-refractivity contribution is -0.00459.